The summed E-state index contributed by atoms with van der Waals surface area (Å²) < 4.78 is 41.9. The maximum absolute atomic E-state index is 12.5. The highest BCUT2D eigenvalue weighted by molar-refractivity contribution is 8.00. The van der Waals surface area contributed by atoms with Gasteiger partial charge in [-0.25, -0.2) is 4.98 Å². The summed E-state index contributed by atoms with van der Waals surface area (Å²) in [5, 5.41) is 10.7. The lowest BCUT2D eigenvalue weighted by Crippen LogP contribution is -2.37. The van der Waals surface area contributed by atoms with Gasteiger partial charge in [-0.15, -0.1) is 0 Å². The fourth-order valence-electron chi connectivity index (χ4n) is 0.909. The van der Waals surface area contributed by atoms with Gasteiger partial charge in [0.25, 0.3) is 0 Å². The predicted molar refractivity (Wildman–Crippen MR) is 58.3 cm³/mol. The van der Waals surface area contributed by atoms with Crippen molar-refractivity contribution >= 4 is 29.1 Å². The van der Waals surface area contributed by atoms with Crippen molar-refractivity contribution in [3.8, 4) is 0 Å². The molecule has 5 nitrogen and oxygen atoms in total. The molecule has 0 spiro atoms. The average molecular weight is 286 g/mol. The Hall–Kier alpha value is -1.03. The number of aryl methyl sites for hydroxylation is 1. The zero-order chi connectivity index (χ0) is 13.1. The molecule has 3 N–H and O–H groups in total. The molecule has 10 heteroatoms. The zero-order valence-electron chi connectivity index (χ0n) is 8.60. The molecule has 0 saturated heterocycles. The molecule has 0 aliphatic carbocycles. The molecule has 1 unspecified atom stereocenters. The van der Waals surface area contributed by atoms with Crippen LogP contribution in [0.3, 0.4) is 0 Å². The van der Waals surface area contributed by atoms with E-state index >= 15 is 0 Å². The number of aromatic nitrogens is 2. The van der Waals surface area contributed by atoms with Crippen LogP contribution in [0.15, 0.2) is 9.50 Å². The van der Waals surface area contributed by atoms with Gasteiger partial charge in [0.1, 0.15) is 11.7 Å². The second kappa shape index (κ2) is 5.54. The van der Waals surface area contributed by atoms with Gasteiger partial charge < -0.3 is 10.9 Å². The van der Waals surface area contributed by atoms with Crippen LogP contribution in [0.5, 0.6) is 0 Å². The van der Waals surface area contributed by atoms with Gasteiger partial charge in [0.05, 0.1) is 0 Å². The quantitative estimate of drug-likeness (QED) is 0.290. The van der Waals surface area contributed by atoms with E-state index in [4.69, 9.17) is 10.9 Å². The molecule has 0 amide bonds. The van der Waals surface area contributed by atoms with E-state index in [2.05, 4.69) is 14.5 Å². The fraction of sp³-hybridized carbons (Fsp3) is 0.571. The number of hydrogen-bond acceptors (Lipinski definition) is 6. The van der Waals surface area contributed by atoms with Crippen molar-refractivity contribution in [3.05, 3.63) is 5.82 Å². The Morgan fingerprint density at radius 1 is 1.65 bits per heavy atom. The standard InChI is InChI=1S/C7H9F3N4OS2/c1-3-12-6(17-14-3)16-2-4(5(11)13-15)7(8,9)10/h4,15H,2H2,1H3,(H2,11,13). The summed E-state index contributed by atoms with van der Waals surface area (Å²) >= 11 is 1.89. The monoisotopic (exact) mass is 286 g/mol. The molecular weight excluding hydrogens is 277 g/mol. The van der Waals surface area contributed by atoms with E-state index in [1.54, 1.807) is 6.92 Å². The van der Waals surface area contributed by atoms with Crippen molar-refractivity contribution in [2.75, 3.05) is 5.75 Å². The van der Waals surface area contributed by atoms with Crippen molar-refractivity contribution in [2.24, 2.45) is 16.8 Å². The molecule has 0 fully saturated rings. The smallest absolute Gasteiger partial charge is 0.399 e. The summed E-state index contributed by atoms with van der Waals surface area (Å²) in [6, 6.07) is 0. The van der Waals surface area contributed by atoms with Crippen molar-refractivity contribution in [3.63, 3.8) is 0 Å². The van der Waals surface area contributed by atoms with E-state index in [9.17, 15) is 13.2 Å². The van der Waals surface area contributed by atoms with Crippen LogP contribution in [0.1, 0.15) is 5.82 Å². The topological polar surface area (TPSA) is 84.4 Å². The highest BCUT2D eigenvalue weighted by atomic mass is 32.2. The minimum Gasteiger partial charge on any atom is -0.409 e. The number of rotatable bonds is 4. The first-order valence-electron chi connectivity index (χ1n) is 4.32. The summed E-state index contributed by atoms with van der Waals surface area (Å²) in [5.74, 6) is -2.74. The Bertz CT molecular complexity index is 406. The lowest BCUT2D eigenvalue weighted by Gasteiger charge is -2.17. The molecule has 1 heterocycles. The second-order valence-corrected chi connectivity index (χ2v) is 5.06. The van der Waals surface area contributed by atoms with E-state index in [1.165, 1.54) is 0 Å². The zero-order valence-corrected chi connectivity index (χ0v) is 10.2. The summed E-state index contributed by atoms with van der Waals surface area (Å²) in [5.41, 5.74) is 5.01. The number of alkyl halides is 3. The summed E-state index contributed by atoms with van der Waals surface area (Å²) in [7, 11) is 0. The van der Waals surface area contributed by atoms with Crippen LogP contribution >= 0.6 is 23.3 Å². The molecule has 0 bridgehead atoms. The Balaban J connectivity index is 2.68. The first-order valence-corrected chi connectivity index (χ1v) is 6.07. The van der Waals surface area contributed by atoms with E-state index < -0.39 is 23.7 Å². The van der Waals surface area contributed by atoms with Crippen LogP contribution in [0, 0.1) is 12.8 Å². The van der Waals surface area contributed by atoms with Crippen LogP contribution in [-0.2, 0) is 0 Å². The van der Waals surface area contributed by atoms with Crippen LogP contribution < -0.4 is 5.73 Å². The van der Waals surface area contributed by atoms with Crippen LogP contribution in [0.2, 0.25) is 0 Å². The Morgan fingerprint density at radius 3 is 2.71 bits per heavy atom. The van der Waals surface area contributed by atoms with Crippen molar-refractivity contribution in [2.45, 2.75) is 17.4 Å². The van der Waals surface area contributed by atoms with Crippen LogP contribution in [0.4, 0.5) is 13.2 Å². The van der Waals surface area contributed by atoms with Gasteiger partial charge in [0.15, 0.2) is 10.2 Å². The maximum atomic E-state index is 12.5. The van der Waals surface area contributed by atoms with E-state index in [-0.39, 0.29) is 0 Å². The largest absolute Gasteiger partial charge is 0.409 e. The van der Waals surface area contributed by atoms with Gasteiger partial charge >= 0.3 is 6.18 Å². The number of nitrogens with zero attached hydrogens (tertiary/aromatic N) is 3. The third kappa shape index (κ3) is 4.04. The van der Waals surface area contributed by atoms with Crippen molar-refractivity contribution in [1.82, 2.24) is 9.36 Å². The molecule has 0 aliphatic heterocycles. The maximum Gasteiger partial charge on any atom is 0.399 e. The van der Waals surface area contributed by atoms with Gasteiger partial charge in [-0.2, -0.15) is 17.5 Å². The minimum atomic E-state index is -4.55. The summed E-state index contributed by atoms with van der Waals surface area (Å²) in [6.07, 6.45) is -4.55. The average Bonchev–Trinajstić information content (AvgIpc) is 2.62. The molecule has 0 aromatic carbocycles. The molecule has 1 aromatic rings. The van der Waals surface area contributed by atoms with E-state index in [0.29, 0.717) is 10.2 Å². The molecule has 0 saturated carbocycles. The highest BCUT2D eigenvalue weighted by Crippen LogP contribution is 2.32. The van der Waals surface area contributed by atoms with Crippen molar-refractivity contribution in [1.29, 1.82) is 0 Å². The molecule has 1 atom stereocenters. The number of thioether (sulfide) groups is 1. The van der Waals surface area contributed by atoms with Gasteiger partial charge in [0.2, 0.25) is 0 Å². The number of halogens is 3. The Labute approximate surface area is 103 Å². The lowest BCUT2D eigenvalue weighted by atomic mass is 10.1. The third-order valence-corrected chi connectivity index (χ3v) is 3.77. The van der Waals surface area contributed by atoms with Crippen molar-refractivity contribution < 1.29 is 18.4 Å². The highest BCUT2D eigenvalue weighted by Gasteiger charge is 2.42. The normalized spacial score (nSPS) is 14.9. The van der Waals surface area contributed by atoms with E-state index in [1.807, 2.05) is 0 Å². The number of hydrogen-bond donors (Lipinski definition) is 2. The minimum absolute atomic E-state index is 0.395. The second-order valence-electron chi connectivity index (χ2n) is 3.04. The molecule has 96 valence electrons. The van der Waals surface area contributed by atoms with Crippen LogP contribution in [0.25, 0.3) is 0 Å². The molecule has 17 heavy (non-hydrogen) atoms. The van der Waals surface area contributed by atoms with Gasteiger partial charge in [-0.1, -0.05) is 16.9 Å². The molecule has 1 rings (SSSR count). The summed E-state index contributed by atoms with van der Waals surface area (Å²) in [4.78, 5) is 3.91. The fourth-order valence-corrected chi connectivity index (χ4v) is 2.72. The molecular formula is C7H9F3N4OS2. The van der Waals surface area contributed by atoms with Gasteiger partial charge in [0, 0.05) is 5.75 Å². The molecule has 0 aliphatic rings. The Morgan fingerprint density at radius 2 is 2.29 bits per heavy atom. The number of oxime groups is 1. The first kappa shape index (κ1) is 14.0. The molecule has 0 radical (unpaired) electrons. The third-order valence-electron chi connectivity index (χ3n) is 1.75. The van der Waals surface area contributed by atoms with E-state index in [0.717, 1.165) is 23.3 Å². The SMILES string of the molecule is Cc1nsc(SCC(C(N)=NO)C(F)(F)F)n1. The van der Waals surface area contributed by atoms with Gasteiger partial charge in [-0.3, -0.25) is 0 Å². The summed E-state index contributed by atoms with van der Waals surface area (Å²) in [6.45, 7) is 1.64. The number of amidine groups is 1. The first-order chi connectivity index (χ1) is 7.84. The lowest BCUT2D eigenvalue weighted by molar-refractivity contribution is -0.150. The van der Waals surface area contributed by atoms with Crippen LogP contribution in [-0.4, -0.2) is 32.3 Å². The Kier molecular flexibility index (Phi) is 4.57. The predicted octanol–water partition coefficient (Wildman–Crippen LogP) is 1.86. The number of nitrogens with two attached hydrogens (primary N) is 1. The van der Waals surface area contributed by atoms with Gasteiger partial charge in [-0.05, 0) is 18.5 Å². The molecule has 1 aromatic heterocycles.